The number of piperazine rings is 1. The molecule has 1 aliphatic rings. The quantitative estimate of drug-likeness (QED) is 0.527. The summed E-state index contributed by atoms with van der Waals surface area (Å²) in [5, 5.41) is 4.10. The van der Waals surface area contributed by atoms with Crippen LogP contribution < -0.4 is 4.74 Å². The van der Waals surface area contributed by atoms with Crippen LogP contribution in [0.3, 0.4) is 0 Å². The Bertz CT molecular complexity index is 1010. The topological polar surface area (TPSA) is 71.7 Å². The molecule has 0 saturated carbocycles. The number of halogens is 1. The number of hydrogen-bond donors (Lipinski definition) is 0. The minimum absolute atomic E-state index is 0.00187. The number of nitrogens with zero attached hydrogens (tertiary/aromatic N) is 4. The van der Waals surface area contributed by atoms with Gasteiger partial charge >= 0.3 is 0 Å². The highest BCUT2D eigenvalue weighted by molar-refractivity contribution is 9.10. The molecule has 3 aromatic rings. The summed E-state index contributed by atoms with van der Waals surface area (Å²) in [4.78, 5) is 21.3. The zero-order valence-corrected chi connectivity index (χ0v) is 19.2. The molecule has 31 heavy (non-hydrogen) atoms. The number of rotatable bonds is 6. The van der Waals surface area contributed by atoms with Gasteiger partial charge in [-0.3, -0.25) is 9.69 Å². The number of benzene rings is 2. The normalized spacial score (nSPS) is 15.6. The fourth-order valence-electron chi connectivity index (χ4n) is 3.48. The molecule has 0 radical (unpaired) electrons. The van der Waals surface area contributed by atoms with Crippen molar-refractivity contribution >= 4 is 21.8 Å². The van der Waals surface area contributed by atoms with Gasteiger partial charge in [-0.2, -0.15) is 4.98 Å². The summed E-state index contributed by atoms with van der Waals surface area (Å²) in [5.74, 6) is 1.87. The number of carbonyl (C=O) groups excluding carboxylic acids is 1. The van der Waals surface area contributed by atoms with Crippen molar-refractivity contribution in [2.45, 2.75) is 26.5 Å². The maximum Gasteiger partial charge on any atom is 0.263 e. The lowest BCUT2D eigenvalue weighted by Crippen LogP contribution is -2.51. The van der Waals surface area contributed by atoms with Gasteiger partial charge < -0.3 is 14.2 Å². The molecule has 1 amide bonds. The van der Waals surface area contributed by atoms with Crippen molar-refractivity contribution in [1.82, 2.24) is 19.9 Å². The number of ether oxygens (including phenoxy) is 1. The molecule has 2 heterocycles. The molecule has 0 spiro atoms. The molecular weight excluding hydrogens is 460 g/mol. The van der Waals surface area contributed by atoms with Gasteiger partial charge in [0.2, 0.25) is 11.7 Å². The molecule has 4 rings (SSSR count). The summed E-state index contributed by atoms with van der Waals surface area (Å²) < 4.78 is 12.2. The van der Waals surface area contributed by atoms with E-state index in [0.717, 1.165) is 23.1 Å². The van der Waals surface area contributed by atoms with Crippen molar-refractivity contribution in [2.75, 3.05) is 26.2 Å². The van der Waals surface area contributed by atoms with Crippen LogP contribution in [-0.2, 0) is 11.3 Å². The number of aryl methyl sites for hydroxylation is 1. The van der Waals surface area contributed by atoms with Gasteiger partial charge in [0.25, 0.3) is 5.91 Å². The van der Waals surface area contributed by atoms with Crippen LogP contribution in [-0.4, -0.2) is 58.1 Å². The highest BCUT2D eigenvalue weighted by atomic mass is 79.9. The lowest BCUT2D eigenvalue weighted by Gasteiger charge is -2.35. The second-order valence-electron chi connectivity index (χ2n) is 7.69. The molecule has 1 saturated heterocycles. The Morgan fingerprint density at radius 3 is 2.45 bits per heavy atom. The van der Waals surface area contributed by atoms with Gasteiger partial charge in [0.1, 0.15) is 5.75 Å². The van der Waals surface area contributed by atoms with Gasteiger partial charge in [-0.15, -0.1) is 0 Å². The van der Waals surface area contributed by atoms with Crippen LogP contribution in [0.5, 0.6) is 5.75 Å². The fourth-order valence-corrected chi connectivity index (χ4v) is 3.75. The van der Waals surface area contributed by atoms with Crippen molar-refractivity contribution in [2.24, 2.45) is 0 Å². The van der Waals surface area contributed by atoms with Gasteiger partial charge in [0, 0.05) is 36.2 Å². The number of amides is 1. The first-order valence-electron chi connectivity index (χ1n) is 10.3. The van der Waals surface area contributed by atoms with Gasteiger partial charge in [-0.1, -0.05) is 50.9 Å². The molecule has 0 aliphatic carbocycles. The molecule has 7 nitrogen and oxygen atoms in total. The summed E-state index contributed by atoms with van der Waals surface area (Å²) in [6.07, 6.45) is -0.527. The Morgan fingerprint density at radius 2 is 1.77 bits per heavy atom. The van der Waals surface area contributed by atoms with E-state index in [1.54, 1.807) is 6.92 Å². The Kier molecular flexibility index (Phi) is 6.67. The van der Waals surface area contributed by atoms with Crippen LogP contribution in [0.1, 0.15) is 18.4 Å². The summed E-state index contributed by atoms with van der Waals surface area (Å²) in [6.45, 7) is 7.20. The molecule has 1 fully saturated rings. The van der Waals surface area contributed by atoms with Crippen LogP contribution in [0.2, 0.25) is 0 Å². The predicted octanol–water partition coefficient (Wildman–Crippen LogP) is 3.92. The second-order valence-corrected chi connectivity index (χ2v) is 8.61. The van der Waals surface area contributed by atoms with E-state index in [2.05, 4.69) is 31.0 Å². The van der Waals surface area contributed by atoms with E-state index in [1.807, 2.05) is 60.4 Å². The lowest BCUT2D eigenvalue weighted by molar-refractivity contribution is -0.139. The summed E-state index contributed by atoms with van der Waals surface area (Å²) >= 11 is 3.40. The Balaban J connectivity index is 1.27. The first-order chi connectivity index (χ1) is 15.0. The SMILES string of the molecule is Cc1ccc(-c2noc(CN3CCN(C(=O)[C@@H](C)Oc4ccc(Br)cc4)CC3)n2)cc1. The minimum atomic E-state index is -0.527. The molecular formula is C23H25BrN4O3. The maximum absolute atomic E-state index is 12.8. The first-order valence-corrected chi connectivity index (χ1v) is 11.1. The molecule has 0 bridgehead atoms. The van der Waals surface area contributed by atoms with E-state index in [0.29, 0.717) is 37.1 Å². The van der Waals surface area contributed by atoms with E-state index in [9.17, 15) is 4.79 Å². The zero-order chi connectivity index (χ0) is 21.8. The molecule has 162 valence electrons. The zero-order valence-electron chi connectivity index (χ0n) is 17.6. The standard InChI is InChI=1S/C23H25BrN4O3/c1-16-3-5-18(6-4-16)22-25-21(31-26-22)15-27-11-13-28(14-12-27)23(29)17(2)30-20-9-7-19(24)8-10-20/h3-10,17H,11-15H2,1-2H3/t17-/m1/s1. The third kappa shape index (κ3) is 5.51. The average Bonchev–Trinajstić information content (AvgIpc) is 3.24. The van der Waals surface area contributed by atoms with Crippen LogP contribution in [0, 0.1) is 6.92 Å². The van der Waals surface area contributed by atoms with Crippen LogP contribution in [0.25, 0.3) is 11.4 Å². The largest absolute Gasteiger partial charge is 0.481 e. The van der Waals surface area contributed by atoms with Gasteiger partial charge in [0.05, 0.1) is 6.54 Å². The highest BCUT2D eigenvalue weighted by Gasteiger charge is 2.27. The Hall–Kier alpha value is -2.71. The third-order valence-corrected chi connectivity index (χ3v) is 5.82. The summed E-state index contributed by atoms with van der Waals surface area (Å²) in [6, 6.07) is 15.5. The van der Waals surface area contributed by atoms with Crippen molar-refractivity contribution in [3.63, 3.8) is 0 Å². The van der Waals surface area contributed by atoms with E-state index in [1.165, 1.54) is 5.56 Å². The smallest absolute Gasteiger partial charge is 0.263 e. The van der Waals surface area contributed by atoms with Crippen molar-refractivity contribution in [3.05, 3.63) is 64.5 Å². The van der Waals surface area contributed by atoms with Crippen molar-refractivity contribution in [3.8, 4) is 17.1 Å². The molecule has 8 heteroatoms. The lowest BCUT2D eigenvalue weighted by atomic mass is 10.1. The van der Waals surface area contributed by atoms with Gasteiger partial charge in [-0.25, -0.2) is 0 Å². The first kappa shape index (κ1) is 21.5. The third-order valence-electron chi connectivity index (χ3n) is 5.29. The van der Waals surface area contributed by atoms with E-state index in [-0.39, 0.29) is 5.91 Å². The van der Waals surface area contributed by atoms with E-state index in [4.69, 9.17) is 9.26 Å². The second kappa shape index (κ2) is 9.62. The van der Waals surface area contributed by atoms with Crippen molar-refractivity contribution < 1.29 is 14.1 Å². The van der Waals surface area contributed by atoms with Crippen LogP contribution in [0.4, 0.5) is 0 Å². The Labute approximate surface area is 190 Å². The van der Waals surface area contributed by atoms with E-state index < -0.39 is 6.10 Å². The molecule has 2 aromatic carbocycles. The predicted molar refractivity (Wildman–Crippen MR) is 121 cm³/mol. The molecule has 1 aromatic heterocycles. The maximum atomic E-state index is 12.8. The number of aromatic nitrogens is 2. The van der Waals surface area contributed by atoms with Gasteiger partial charge in [-0.05, 0) is 38.1 Å². The van der Waals surface area contributed by atoms with Gasteiger partial charge in [0.15, 0.2) is 6.10 Å². The van der Waals surface area contributed by atoms with Crippen molar-refractivity contribution in [1.29, 1.82) is 0 Å². The fraction of sp³-hybridized carbons (Fsp3) is 0.348. The molecule has 0 unspecified atom stereocenters. The number of hydrogen-bond acceptors (Lipinski definition) is 6. The monoisotopic (exact) mass is 484 g/mol. The van der Waals surface area contributed by atoms with E-state index >= 15 is 0 Å². The van der Waals surface area contributed by atoms with Crippen LogP contribution in [0.15, 0.2) is 57.5 Å². The van der Waals surface area contributed by atoms with Crippen LogP contribution >= 0.6 is 15.9 Å². The average molecular weight is 485 g/mol. The summed E-state index contributed by atoms with van der Waals surface area (Å²) in [5.41, 5.74) is 2.13. The number of carbonyl (C=O) groups is 1. The Morgan fingerprint density at radius 1 is 1.10 bits per heavy atom. The highest BCUT2D eigenvalue weighted by Crippen LogP contribution is 2.19. The molecule has 1 atom stereocenters. The summed E-state index contributed by atoms with van der Waals surface area (Å²) in [7, 11) is 0. The molecule has 0 N–H and O–H groups in total. The molecule has 1 aliphatic heterocycles. The minimum Gasteiger partial charge on any atom is -0.481 e.